The third-order valence-electron chi connectivity index (χ3n) is 5.00. The summed E-state index contributed by atoms with van der Waals surface area (Å²) in [6.07, 6.45) is 5.96. The number of likely N-dealkylation sites (tertiary alicyclic amines) is 1. The van der Waals surface area contributed by atoms with E-state index in [0.29, 0.717) is 5.02 Å². The molecule has 4 heteroatoms. The third-order valence-corrected chi connectivity index (χ3v) is 5.25. The quantitative estimate of drug-likeness (QED) is 0.831. The molecule has 1 aliphatic heterocycles. The average Bonchev–Trinajstić information content (AvgIpc) is 2.99. The number of hydrogen-bond donors (Lipinski definition) is 0. The van der Waals surface area contributed by atoms with Gasteiger partial charge in [-0.2, -0.15) is 0 Å². The molecule has 1 aliphatic carbocycles. The van der Waals surface area contributed by atoms with Crippen LogP contribution in [0.5, 0.6) is 5.75 Å². The Bertz CT molecular complexity index is 514. The Morgan fingerprint density at radius 2 is 1.77 bits per heavy atom. The molecule has 1 aromatic rings. The van der Waals surface area contributed by atoms with Crippen molar-refractivity contribution in [2.45, 2.75) is 51.0 Å². The van der Waals surface area contributed by atoms with Gasteiger partial charge in [0.05, 0.1) is 0 Å². The van der Waals surface area contributed by atoms with Crippen LogP contribution in [0, 0.1) is 5.92 Å². The van der Waals surface area contributed by atoms with Crippen LogP contribution in [0.1, 0.15) is 45.4 Å². The van der Waals surface area contributed by atoms with Crippen molar-refractivity contribution in [3.8, 4) is 5.75 Å². The number of nitrogens with zero attached hydrogens (tertiary/aromatic N) is 1. The van der Waals surface area contributed by atoms with E-state index in [9.17, 15) is 4.79 Å². The van der Waals surface area contributed by atoms with Crippen LogP contribution in [0.15, 0.2) is 24.3 Å². The van der Waals surface area contributed by atoms with Crippen LogP contribution < -0.4 is 4.74 Å². The van der Waals surface area contributed by atoms with E-state index in [1.165, 1.54) is 0 Å². The van der Waals surface area contributed by atoms with E-state index in [1.807, 2.05) is 29.2 Å². The molecule has 2 aliphatic rings. The van der Waals surface area contributed by atoms with Crippen molar-refractivity contribution < 1.29 is 9.53 Å². The Morgan fingerprint density at radius 3 is 2.36 bits per heavy atom. The summed E-state index contributed by atoms with van der Waals surface area (Å²) in [6, 6.07) is 7.33. The van der Waals surface area contributed by atoms with Gasteiger partial charge >= 0.3 is 0 Å². The molecular weight excluding hydrogens is 298 g/mol. The Balaban J connectivity index is 1.76. The molecule has 1 aromatic carbocycles. The van der Waals surface area contributed by atoms with Crippen LogP contribution >= 0.6 is 11.6 Å². The molecule has 120 valence electrons. The van der Waals surface area contributed by atoms with E-state index in [-0.39, 0.29) is 5.91 Å². The SMILES string of the molecule is CC1CCN(C(=O)C2(Oc3ccc(Cl)cc3)CCCC2)CC1. The third kappa shape index (κ3) is 3.24. The minimum Gasteiger partial charge on any atom is -0.477 e. The first-order valence-corrected chi connectivity index (χ1v) is 8.71. The fourth-order valence-corrected chi connectivity index (χ4v) is 3.66. The molecule has 22 heavy (non-hydrogen) atoms. The fourth-order valence-electron chi connectivity index (χ4n) is 3.53. The van der Waals surface area contributed by atoms with Crippen LogP contribution in [0.4, 0.5) is 0 Å². The predicted octanol–water partition coefficient (Wildman–Crippen LogP) is 4.29. The summed E-state index contributed by atoms with van der Waals surface area (Å²) in [6.45, 7) is 3.99. The maximum atomic E-state index is 13.1. The lowest BCUT2D eigenvalue weighted by Crippen LogP contribution is -2.53. The van der Waals surface area contributed by atoms with E-state index >= 15 is 0 Å². The van der Waals surface area contributed by atoms with E-state index in [2.05, 4.69) is 6.92 Å². The van der Waals surface area contributed by atoms with E-state index < -0.39 is 5.60 Å². The number of piperidine rings is 1. The Morgan fingerprint density at radius 1 is 1.18 bits per heavy atom. The lowest BCUT2D eigenvalue weighted by atomic mass is 9.94. The zero-order chi connectivity index (χ0) is 15.6. The molecule has 3 nitrogen and oxygen atoms in total. The number of amides is 1. The van der Waals surface area contributed by atoms with Gasteiger partial charge in [0.15, 0.2) is 5.60 Å². The van der Waals surface area contributed by atoms with Gasteiger partial charge in [0.2, 0.25) is 0 Å². The second kappa shape index (κ2) is 6.49. The number of hydrogen-bond acceptors (Lipinski definition) is 2. The normalized spacial score (nSPS) is 21.8. The molecule has 1 saturated carbocycles. The molecule has 1 amide bonds. The molecule has 0 aromatic heterocycles. The first-order valence-electron chi connectivity index (χ1n) is 8.33. The number of halogens is 1. The van der Waals surface area contributed by atoms with Crippen LogP contribution in [0.25, 0.3) is 0 Å². The molecule has 3 rings (SSSR count). The van der Waals surface area contributed by atoms with E-state index in [1.54, 1.807) is 0 Å². The molecule has 0 radical (unpaired) electrons. The van der Waals surface area contributed by atoms with Gasteiger partial charge in [-0.15, -0.1) is 0 Å². The largest absolute Gasteiger partial charge is 0.477 e. The summed E-state index contributed by atoms with van der Waals surface area (Å²) < 4.78 is 6.21. The van der Waals surface area contributed by atoms with Gasteiger partial charge < -0.3 is 9.64 Å². The van der Waals surface area contributed by atoms with Crippen molar-refractivity contribution in [1.29, 1.82) is 0 Å². The first-order chi connectivity index (χ1) is 10.6. The highest BCUT2D eigenvalue weighted by Crippen LogP contribution is 2.37. The van der Waals surface area contributed by atoms with E-state index in [0.717, 1.165) is 63.3 Å². The smallest absolute Gasteiger partial charge is 0.266 e. The van der Waals surface area contributed by atoms with Crippen molar-refractivity contribution in [3.05, 3.63) is 29.3 Å². The zero-order valence-electron chi connectivity index (χ0n) is 13.2. The highest BCUT2D eigenvalue weighted by molar-refractivity contribution is 6.30. The van der Waals surface area contributed by atoms with Crippen LogP contribution in [-0.4, -0.2) is 29.5 Å². The van der Waals surface area contributed by atoms with Crippen LogP contribution in [0.2, 0.25) is 5.02 Å². The number of carbonyl (C=O) groups is 1. The standard InChI is InChI=1S/C18H24ClNO2/c1-14-8-12-20(13-9-14)17(21)18(10-2-3-11-18)22-16-6-4-15(19)5-7-16/h4-7,14H,2-3,8-13H2,1H3. The summed E-state index contributed by atoms with van der Waals surface area (Å²) in [7, 11) is 0. The maximum Gasteiger partial charge on any atom is 0.266 e. The van der Waals surface area contributed by atoms with Crippen molar-refractivity contribution in [3.63, 3.8) is 0 Å². The van der Waals surface area contributed by atoms with Gasteiger partial charge in [-0.3, -0.25) is 4.79 Å². The highest BCUT2D eigenvalue weighted by Gasteiger charge is 2.46. The molecule has 0 unspecified atom stereocenters. The van der Waals surface area contributed by atoms with Crippen molar-refractivity contribution in [2.24, 2.45) is 5.92 Å². The van der Waals surface area contributed by atoms with Crippen LogP contribution in [-0.2, 0) is 4.79 Å². The number of ether oxygens (including phenoxy) is 1. The second-order valence-electron chi connectivity index (χ2n) is 6.73. The summed E-state index contributed by atoms with van der Waals surface area (Å²) in [5, 5.41) is 0.684. The molecule has 2 fully saturated rings. The monoisotopic (exact) mass is 321 g/mol. The maximum absolute atomic E-state index is 13.1. The zero-order valence-corrected chi connectivity index (χ0v) is 13.9. The minimum absolute atomic E-state index is 0.187. The van der Waals surface area contributed by atoms with Crippen molar-refractivity contribution in [2.75, 3.05) is 13.1 Å². The lowest BCUT2D eigenvalue weighted by molar-refractivity contribution is -0.149. The molecule has 1 heterocycles. The number of benzene rings is 1. The topological polar surface area (TPSA) is 29.5 Å². The van der Waals surface area contributed by atoms with Gasteiger partial charge in [0.1, 0.15) is 5.75 Å². The van der Waals surface area contributed by atoms with Gasteiger partial charge in [0.25, 0.3) is 5.91 Å². The Kier molecular flexibility index (Phi) is 4.62. The van der Waals surface area contributed by atoms with Gasteiger partial charge in [-0.05, 0) is 68.7 Å². The molecular formula is C18H24ClNO2. The van der Waals surface area contributed by atoms with Crippen LogP contribution in [0.3, 0.4) is 0 Å². The summed E-state index contributed by atoms with van der Waals surface area (Å²) in [4.78, 5) is 15.1. The van der Waals surface area contributed by atoms with Gasteiger partial charge in [-0.25, -0.2) is 0 Å². The summed E-state index contributed by atoms with van der Waals surface area (Å²) >= 11 is 5.93. The predicted molar refractivity (Wildman–Crippen MR) is 88.3 cm³/mol. The van der Waals surface area contributed by atoms with Crippen molar-refractivity contribution in [1.82, 2.24) is 4.90 Å². The molecule has 1 saturated heterocycles. The van der Waals surface area contributed by atoms with E-state index in [4.69, 9.17) is 16.3 Å². The lowest BCUT2D eigenvalue weighted by Gasteiger charge is -2.38. The second-order valence-corrected chi connectivity index (χ2v) is 7.17. The molecule has 0 spiro atoms. The molecule has 0 N–H and O–H groups in total. The highest BCUT2D eigenvalue weighted by atomic mass is 35.5. The first kappa shape index (κ1) is 15.7. The average molecular weight is 322 g/mol. The fraction of sp³-hybridized carbons (Fsp3) is 0.611. The van der Waals surface area contributed by atoms with Gasteiger partial charge in [-0.1, -0.05) is 18.5 Å². The summed E-state index contributed by atoms with van der Waals surface area (Å²) in [5.41, 5.74) is -0.658. The Hall–Kier alpha value is -1.22. The summed E-state index contributed by atoms with van der Waals surface area (Å²) in [5.74, 6) is 1.65. The van der Waals surface area contributed by atoms with Gasteiger partial charge in [0, 0.05) is 18.1 Å². The number of carbonyl (C=O) groups excluding carboxylic acids is 1. The number of rotatable bonds is 3. The minimum atomic E-state index is -0.658. The Labute approximate surface area is 137 Å². The van der Waals surface area contributed by atoms with Crippen molar-refractivity contribution >= 4 is 17.5 Å². The molecule has 0 bridgehead atoms. The molecule has 0 atom stereocenters.